The number of carbonyl (C=O) groups is 4. The molecule has 6 atom stereocenters. The van der Waals surface area contributed by atoms with Gasteiger partial charge in [0.1, 0.15) is 18.5 Å². The molecule has 1 aromatic carbocycles. The van der Waals surface area contributed by atoms with Crippen LogP contribution in [0.5, 0.6) is 5.75 Å². The average Bonchev–Trinajstić information content (AvgIpc) is 3.09. The Morgan fingerprint density at radius 2 is 1.14 bits per heavy atom. The van der Waals surface area contributed by atoms with Gasteiger partial charge in [-0.1, -0.05) is 110 Å². The van der Waals surface area contributed by atoms with E-state index in [1.54, 1.807) is 12.1 Å². The number of unbranched alkanes of at least 4 members (excludes halogenated alkanes) is 9. The molecule has 0 aliphatic carbocycles. The normalized spacial score (nSPS) is 21.2. The third-order valence-corrected chi connectivity index (χ3v) is 8.45. The van der Waals surface area contributed by atoms with Crippen molar-refractivity contribution in [3.05, 3.63) is 29.8 Å². The van der Waals surface area contributed by atoms with E-state index in [4.69, 9.17) is 29.8 Å². The van der Waals surface area contributed by atoms with Crippen molar-refractivity contribution < 1.29 is 49.0 Å². The highest BCUT2D eigenvalue weighted by atomic mass is 16.7. The standard InChI is InChI=1S/C39H62O10/c1-6-10-14-15-19-27-35(43)49-38-37(48-34(42)26-18-13-9-4)36(47-33(41)25-17-12-8-3)31(28-44-32(40)24-16-11-7-2)46-39(38)45-30-23-21-20-22-29(30)5/h20-23,31,36-39H,6-19,24-28H2,1-5H3/t31-,36-,37+,38+,39?/m1/s1/i27D/t27?,31-,36-,37+,38+,39?. The summed E-state index contributed by atoms with van der Waals surface area (Å²) in [6.07, 6.45) is 3.69. The van der Waals surface area contributed by atoms with Crippen molar-refractivity contribution in [2.45, 2.75) is 181 Å². The van der Waals surface area contributed by atoms with E-state index in [9.17, 15) is 19.2 Å². The van der Waals surface area contributed by atoms with Crippen LogP contribution in [0.15, 0.2) is 24.3 Å². The third-order valence-electron chi connectivity index (χ3n) is 8.45. The van der Waals surface area contributed by atoms with Crippen molar-refractivity contribution in [3.63, 3.8) is 0 Å². The van der Waals surface area contributed by atoms with E-state index >= 15 is 0 Å². The molecule has 1 heterocycles. The average molecular weight is 692 g/mol. The van der Waals surface area contributed by atoms with Crippen molar-refractivity contribution in [2.75, 3.05) is 6.61 Å². The van der Waals surface area contributed by atoms with E-state index in [2.05, 4.69) is 6.92 Å². The molecule has 0 spiro atoms. The molecule has 0 aromatic heterocycles. The number of ether oxygens (including phenoxy) is 6. The van der Waals surface area contributed by atoms with Crippen molar-refractivity contribution in [1.29, 1.82) is 0 Å². The lowest BCUT2D eigenvalue weighted by molar-refractivity contribution is -0.289. The third kappa shape index (κ3) is 16.4. The van der Waals surface area contributed by atoms with Crippen LogP contribution in [-0.4, -0.2) is 61.2 Å². The van der Waals surface area contributed by atoms with Crippen LogP contribution in [0.4, 0.5) is 0 Å². The zero-order valence-electron chi connectivity index (χ0n) is 31.6. The lowest BCUT2D eigenvalue weighted by atomic mass is 9.97. The Hall–Kier alpha value is -3.14. The van der Waals surface area contributed by atoms with Crippen LogP contribution in [-0.2, 0) is 42.9 Å². The number of para-hydroxylation sites is 1. The van der Waals surface area contributed by atoms with E-state index in [1.165, 1.54) is 0 Å². The number of rotatable bonds is 25. The maximum Gasteiger partial charge on any atom is 0.306 e. The molecule has 1 saturated heterocycles. The summed E-state index contributed by atoms with van der Waals surface area (Å²) in [5.74, 6) is -1.94. The highest BCUT2D eigenvalue weighted by Gasteiger charge is 2.54. The molecular weight excluding hydrogens is 628 g/mol. The summed E-state index contributed by atoms with van der Waals surface area (Å²) in [6, 6.07) is 7.20. The minimum atomic E-state index is -1.40. The number of aryl methyl sites for hydroxylation is 1. The van der Waals surface area contributed by atoms with Gasteiger partial charge in [-0.3, -0.25) is 19.2 Å². The second-order valence-electron chi connectivity index (χ2n) is 12.8. The molecule has 1 aromatic rings. The molecule has 10 heteroatoms. The Bertz CT molecular complexity index is 1140. The second-order valence-corrected chi connectivity index (χ2v) is 12.8. The van der Waals surface area contributed by atoms with Crippen LogP contribution in [0, 0.1) is 6.92 Å². The SMILES string of the molecule is [2H]C(CCCCCC)C(=O)O[C@@H]1C(Oc2ccccc2C)O[C@H](COC(=O)CCCCC)[C@@H](OC(=O)CCCCC)[C@@H]1OC(=O)CCCCC. The quantitative estimate of drug-likeness (QED) is 0.0560. The number of hydrogen-bond donors (Lipinski definition) is 0. The number of esters is 4. The minimum absolute atomic E-state index is 0.0991. The summed E-state index contributed by atoms with van der Waals surface area (Å²) in [4.78, 5) is 52.7. The monoisotopic (exact) mass is 691 g/mol. The van der Waals surface area contributed by atoms with Gasteiger partial charge in [-0.25, -0.2) is 0 Å². The second kappa shape index (κ2) is 24.9. The molecule has 0 radical (unpaired) electrons. The van der Waals surface area contributed by atoms with E-state index in [-0.39, 0.29) is 25.9 Å². The molecule has 0 amide bonds. The summed E-state index contributed by atoms with van der Waals surface area (Å²) >= 11 is 0. The number of benzene rings is 1. The van der Waals surface area contributed by atoms with Gasteiger partial charge in [0.05, 0.1) is 0 Å². The first-order valence-corrected chi connectivity index (χ1v) is 18.7. The maximum absolute atomic E-state index is 13.5. The van der Waals surface area contributed by atoms with Crippen molar-refractivity contribution in [1.82, 2.24) is 0 Å². The van der Waals surface area contributed by atoms with Crippen molar-refractivity contribution in [2.24, 2.45) is 0 Å². The van der Waals surface area contributed by atoms with Gasteiger partial charge in [-0.05, 0) is 44.2 Å². The summed E-state index contributed by atoms with van der Waals surface area (Å²) in [5, 5.41) is 0. The van der Waals surface area contributed by atoms with Crippen LogP contribution in [0.25, 0.3) is 0 Å². The van der Waals surface area contributed by atoms with Crippen LogP contribution >= 0.6 is 0 Å². The Balaban J connectivity index is 2.53. The minimum Gasteiger partial charge on any atom is -0.463 e. The molecule has 1 aliphatic heterocycles. The highest BCUT2D eigenvalue weighted by molar-refractivity contribution is 5.72. The molecule has 1 fully saturated rings. The molecule has 1 aliphatic rings. The number of hydrogen-bond acceptors (Lipinski definition) is 10. The molecule has 0 saturated carbocycles. The highest BCUT2D eigenvalue weighted by Crippen LogP contribution is 2.33. The van der Waals surface area contributed by atoms with Crippen LogP contribution in [0.1, 0.15) is 150 Å². The van der Waals surface area contributed by atoms with Crippen LogP contribution in [0.2, 0.25) is 0 Å². The lowest BCUT2D eigenvalue weighted by Crippen LogP contribution is -2.64. The van der Waals surface area contributed by atoms with Crippen LogP contribution < -0.4 is 4.74 Å². The smallest absolute Gasteiger partial charge is 0.306 e. The molecule has 0 bridgehead atoms. The molecule has 278 valence electrons. The molecule has 0 N–H and O–H groups in total. The summed E-state index contributed by atoms with van der Waals surface area (Å²) < 4.78 is 44.9. The predicted octanol–water partition coefficient (Wildman–Crippen LogP) is 8.48. The predicted molar refractivity (Wildman–Crippen MR) is 187 cm³/mol. The fourth-order valence-corrected chi connectivity index (χ4v) is 5.52. The van der Waals surface area contributed by atoms with E-state index in [0.717, 1.165) is 63.4 Å². The molecular formula is C39H62O10. The fourth-order valence-electron chi connectivity index (χ4n) is 5.52. The first-order chi connectivity index (χ1) is 24.1. The topological polar surface area (TPSA) is 124 Å². The fraction of sp³-hybridized carbons (Fsp3) is 0.744. The van der Waals surface area contributed by atoms with Crippen LogP contribution in [0.3, 0.4) is 0 Å². The first-order valence-electron chi connectivity index (χ1n) is 19.3. The van der Waals surface area contributed by atoms with E-state index < -0.39 is 61.0 Å². The van der Waals surface area contributed by atoms with Gasteiger partial charge in [-0.2, -0.15) is 0 Å². The Labute approximate surface area is 295 Å². The van der Waals surface area contributed by atoms with Gasteiger partial charge in [0, 0.05) is 27.0 Å². The van der Waals surface area contributed by atoms with Gasteiger partial charge in [0.15, 0.2) is 12.2 Å². The molecule has 2 rings (SSSR count). The first kappa shape index (κ1) is 40.3. The van der Waals surface area contributed by atoms with Gasteiger partial charge >= 0.3 is 23.9 Å². The summed E-state index contributed by atoms with van der Waals surface area (Å²) in [5.41, 5.74) is 0.770. The molecule has 49 heavy (non-hydrogen) atoms. The zero-order valence-corrected chi connectivity index (χ0v) is 30.6. The van der Waals surface area contributed by atoms with Gasteiger partial charge in [0.25, 0.3) is 0 Å². The van der Waals surface area contributed by atoms with Crippen molar-refractivity contribution in [3.8, 4) is 5.75 Å². The summed E-state index contributed by atoms with van der Waals surface area (Å²) in [6.45, 7) is 9.70. The molecule has 2 unspecified atom stereocenters. The summed E-state index contributed by atoms with van der Waals surface area (Å²) in [7, 11) is 0. The zero-order chi connectivity index (χ0) is 36.7. The lowest BCUT2D eigenvalue weighted by Gasteiger charge is -2.44. The Kier molecular flexibility index (Phi) is 20.5. The van der Waals surface area contributed by atoms with Gasteiger partial charge in [0.2, 0.25) is 12.4 Å². The van der Waals surface area contributed by atoms with Gasteiger partial charge in [-0.15, -0.1) is 0 Å². The Morgan fingerprint density at radius 3 is 1.73 bits per heavy atom. The van der Waals surface area contributed by atoms with E-state index in [1.807, 2.05) is 39.8 Å². The maximum atomic E-state index is 13.5. The number of carbonyl (C=O) groups excluding carboxylic acids is 4. The molecule has 10 nitrogen and oxygen atoms in total. The largest absolute Gasteiger partial charge is 0.463 e. The van der Waals surface area contributed by atoms with E-state index in [0.29, 0.717) is 37.9 Å². The Morgan fingerprint density at radius 1 is 0.633 bits per heavy atom. The van der Waals surface area contributed by atoms with Gasteiger partial charge < -0.3 is 28.4 Å². The van der Waals surface area contributed by atoms with Crippen molar-refractivity contribution >= 4 is 23.9 Å².